The van der Waals surface area contributed by atoms with E-state index in [4.69, 9.17) is 9.97 Å². The summed E-state index contributed by atoms with van der Waals surface area (Å²) < 4.78 is 15.2. The molecule has 0 radical (unpaired) electrons. The van der Waals surface area contributed by atoms with Crippen LogP contribution in [-0.4, -0.2) is 45.9 Å². The van der Waals surface area contributed by atoms with Gasteiger partial charge in [0.2, 0.25) is 5.95 Å². The zero-order valence-electron chi connectivity index (χ0n) is 20.9. The van der Waals surface area contributed by atoms with E-state index in [2.05, 4.69) is 52.3 Å². The van der Waals surface area contributed by atoms with Crippen LogP contribution in [0.25, 0.3) is 16.7 Å². The third-order valence-electron chi connectivity index (χ3n) is 6.66. The van der Waals surface area contributed by atoms with Crippen molar-refractivity contribution in [2.75, 3.05) is 41.3 Å². The first-order valence-corrected chi connectivity index (χ1v) is 12.5. The molecule has 1 aliphatic heterocycles. The third kappa shape index (κ3) is 4.70. The van der Waals surface area contributed by atoms with Crippen molar-refractivity contribution < 1.29 is 4.39 Å². The van der Waals surface area contributed by atoms with Gasteiger partial charge < -0.3 is 15.1 Å². The van der Waals surface area contributed by atoms with Crippen LogP contribution in [0.4, 0.5) is 27.5 Å². The fraction of sp³-hybridized carbons (Fsp3) is 0.207. The van der Waals surface area contributed by atoms with Crippen molar-refractivity contribution in [3.63, 3.8) is 0 Å². The van der Waals surface area contributed by atoms with Crippen LogP contribution in [0.1, 0.15) is 11.1 Å². The van der Waals surface area contributed by atoms with E-state index < -0.39 is 0 Å². The maximum absolute atomic E-state index is 13.4. The molecule has 0 spiro atoms. The molecule has 0 amide bonds. The molecule has 0 saturated carbocycles. The van der Waals surface area contributed by atoms with Crippen molar-refractivity contribution in [2.45, 2.75) is 13.8 Å². The van der Waals surface area contributed by atoms with Gasteiger partial charge in [-0.3, -0.25) is 0 Å². The molecule has 0 atom stereocenters. The molecular weight excluding hydrogens is 465 g/mol. The fourth-order valence-electron chi connectivity index (χ4n) is 4.89. The number of nitrogens with one attached hydrogen (secondary N) is 1. The average Bonchev–Trinajstić information content (AvgIpc) is 3.34. The molecule has 3 aromatic carbocycles. The molecule has 7 nitrogen and oxygen atoms in total. The smallest absolute Gasteiger partial charge is 0.229 e. The SMILES string of the molecule is Cc1cc(C)cc(Nc2nc(N3CCN(c4ccc(F)cc4)CC3)nc3c2cnn3-c2ccccc2)c1. The Morgan fingerprint density at radius 1 is 0.757 bits per heavy atom. The van der Waals surface area contributed by atoms with Crippen LogP contribution in [0, 0.1) is 19.7 Å². The Morgan fingerprint density at radius 2 is 1.43 bits per heavy atom. The number of benzene rings is 3. The van der Waals surface area contributed by atoms with Crippen LogP contribution >= 0.6 is 0 Å². The van der Waals surface area contributed by atoms with Crippen molar-refractivity contribution in [1.29, 1.82) is 0 Å². The van der Waals surface area contributed by atoms with Gasteiger partial charge in [-0.2, -0.15) is 15.1 Å². The number of hydrogen-bond acceptors (Lipinski definition) is 6. The topological polar surface area (TPSA) is 62.1 Å². The summed E-state index contributed by atoms with van der Waals surface area (Å²) in [6.45, 7) is 7.28. The van der Waals surface area contributed by atoms with Gasteiger partial charge in [0.05, 0.1) is 17.3 Å². The van der Waals surface area contributed by atoms with Gasteiger partial charge in [-0.1, -0.05) is 24.3 Å². The number of aromatic nitrogens is 4. The van der Waals surface area contributed by atoms with Crippen molar-refractivity contribution in [3.05, 3.63) is 95.9 Å². The molecule has 1 aliphatic rings. The largest absolute Gasteiger partial charge is 0.368 e. The number of rotatable bonds is 5. The molecule has 1 saturated heterocycles. The van der Waals surface area contributed by atoms with Crippen LogP contribution in [0.3, 0.4) is 0 Å². The van der Waals surface area contributed by atoms with E-state index in [0.29, 0.717) is 5.95 Å². The summed E-state index contributed by atoms with van der Waals surface area (Å²) in [5, 5.41) is 9.06. The van der Waals surface area contributed by atoms with Gasteiger partial charge in [-0.05, 0) is 73.5 Å². The molecule has 1 N–H and O–H groups in total. The van der Waals surface area contributed by atoms with Gasteiger partial charge in [0.15, 0.2) is 5.65 Å². The zero-order chi connectivity index (χ0) is 25.4. The third-order valence-corrected chi connectivity index (χ3v) is 6.66. The molecule has 6 rings (SSSR count). The van der Waals surface area contributed by atoms with E-state index >= 15 is 0 Å². The summed E-state index contributed by atoms with van der Waals surface area (Å²) in [5.41, 5.74) is 6.08. The van der Waals surface area contributed by atoms with Gasteiger partial charge in [0.1, 0.15) is 11.6 Å². The Kier molecular flexibility index (Phi) is 5.92. The standard InChI is InChI=1S/C29H28FN7/c1-20-16-21(2)18-23(17-20)32-27-26-19-31-37(25-6-4-3-5-7-25)28(26)34-29(33-27)36-14-12-35(13-15-36)24-10-8-22(30)9-11-24/h3-11,16-19H,12-15H2,1-2H3,(H,32,33,34). The summed E-state index contributed by atoms with van der Waals surface area (Å²) in [7, 11) is 0. The highest BCUT2D eigenvalue weighted by molar-refractivity contribution is 5.90. The lowest BCUT2D eigenvalue weighted by Crippen LogP contribution is -2.47. The van der Waals surface area contributed by atoms with E-state index in [-0.39, 0.29) is 5.82 Å². The lowest BCUT2D eigenvalue weighted by molar-refractivity contribution is 0.623. The Morgan fingerprint density at radius 3 is 2.14 bits per heavy atom. The molecule has 5 aromatic rings. The van der Waals surface area contributed by atoms with Gasteiger partial charge in [0.25, 0.3) is 0 Å². The molecule has 0 aliphatic carbocycles. The lowest BCUT2D eigenvalue weighted by atomic mass is 10.1. The van der Waals surface area contributed by atoms with Gasteiger partial charge in [-0.25, -0.2) is 9.07 Å². The highest BCUT2D eigenvalue weighted by atomic mass is 19.1. The first kappa shape index (κ1) is 23.0. The number of hydrogen-bond donors (Lipinski definition) is 1. The lowest BCUT2D eigenvalue weighted by Gasteiger charge is -2.36. The van der Waals surface area contributed by atoms with E-state index in [9.17, 15) is 4.39 Å². The Balaban J connectivity index is 1.36. The number of para-hydroxylation sites is 1. The highest BCUT2D eigenvalue weighted by Crippen LogP contribution is 2.29. The number of fused-ring (bicyclic) bond motifs is 1. The van der Waals surface area contributed by atoms with Crippen molar-refractivity contribution in [2.24, 2.45) is 0 Å². The molecule has 8 heteroatoms. The molecule has 0 bridgehead atoms. The minimum Gasteiger partial charge on any atom is -0.368 e. The van der Waals surface area contributed by atoms with Crippen LogP contribution in [0.15, 0.2) is 79.0 Å². The molecule has 2 aromatic heterocycles. The zero-order valence-corrected chi connectivity index (χ0v) is 20.9. The minimum absolute atomic E-state index is 0.219. The van der Waals surface area contributed by atoms with Gasteiger partial charge >= 0.3 is 0 Å². The quantitative estimate of drug-likeness (QED) is 0.342. The first-order chi connectivity index (χ1) is 18.0. The fourth-order valence-corrected chi connectivity index (χ4v) is 4.89. The van der Waals surface area contributed by atoms with E-state index in [1.807, 2.05) is 53.3 Å². The van der Waals surface area contributed by atoms with Crippen molar-refractivity contribution in [1.82, 2.24) is 19.7 Å². The second-order valence-corrected chi connectivity index (χ2v) is 9.45. The first-order valence-electron chi connectivity index (χ1n) is 12.5. The summed E-state index contributed by atoms with van der Waals surface area (Å²) in [4.78, 5) is 14.4. The Hall–Kier alpha value is -4.46. The van der Waals surface area contributed by atoms with Gasteiger partial charge in [-0.15, -0.1) is 0 Å². The van der Waals surface area contributed by atoms with E-state index in [1.54, 1.807) is 0 Å². The predicted molar refractivity (Wildman–Crippen MR) is 147 cm³/mol. The van der Waals surface area contributed by atoms with Crippen LogP contribution in [0.5, 0.6) is 0 Å². The normalized spacial score (nSPS) is 13.8. The van der Waals surface area contributed by atoms with E-state index in [1.165, 1.54) is 23.3 Å². The summed E-state index contributed by atoms with van der Waals surface area (Å²) in [6, 6.07) is 23.1. The van der Waals surface area contributed by atoms with Crippen LogP contribution in [0.2, 0.25) is 0 Å². The predicted octanol–water partition coefficient (Wildman–Crippen LogP) is 5.64. The van der Waals surface area contributed by atoms with Crippen molar-refractivity contribution >= 4 is 34.2 Å². The van der Waals surface area contributed by atoms with Crippen molar-refractivity contribution in [3.8, 4) is 5.69 Å². The second kappa shape index (κ2) is 9.54. The molecule has 37 heavy (non-hydrogen) atoms. The van der Waals surface area contributed by atoms with Crippen LogP contribution in [-0.2, 0) is 0 Å². The van der Waals surface area contributed by atoms with Gasteiger partial charge in [0, 0.05) is 37.6 Å². The summed E-state index contributed by atoms with van der Waals surface area (Å²) in [6.07, 6.45) is 1.82. The molecule has 1 fully saturated rings. The maximum Gasteiger partial charge on any atom is 0.229 e. The number of piperazine rings is 1. The molecule has 3 heterocycles. The molecule has 186 valence electrons. The monoisotopic (exact) mass is 493 g/mol. The number of aryl methyl sites for hydroxylation is 2. The molecule has 0 unspecified atom stereocenters. The minimum atomic E-state index is -0.219. The Labute approximate surface area is 215 Å². The second-order valence-electron chi connectivity index (χ2n) is 9.45. The number of nitrogens with zero attached hydrogens (tertiary/aromatic N) is 6. The molecular formula is C29H28FN7. The van der Waals surface area contributed by atoms with Crippen LogP contribution < -0.4 is 15.1 Å². The number of anilines is 4. The maximum atomic E-state index is 13.4. The summed E-state index contributed by atoms with van der Waals surface area (Å²) in [5.74, 6) is 1.17. The number of halogens is 1. The average molecular weight is 494 g/mol. The highest BCUT2D eigenvalue weighted by Gasteiger charge is 2.22. The summed E-state index contributed by atoms with van der Waals surface area (Å²) >= 11 is 0. The Bertz CT molecular complexity index is 1520. The van der Waals surface area contributed by atoms with E-state index in [0.717, 1.165) is 60.1 Å².